The highest BCUT2D eigenvalue weighted by Crippen LogP contribution is 2.33. The minimum atomic E-state index is -0.252. The summed E-state index contributed by atoms with van der Waals surface area (Å²) in [6.07, 6.45) is 2.06. The quantitative estimate of drug-likeness (QED) is 0.344. The number of anilines is 1. The second-order valence-corrected chi connectivity index (χ2v) is 11.1. The molecular weight excluding hydrogens is 477 g/mol. The topological polar surface area (TPSA) is 71.0 Å². The zero-order chi connectivity index (χ0) is 22.6. The van der Waals surface area contributed by atoms with Gasteiger partial charge in [-0.05, 0) is 42.7 Å². The van der Waals surface area contributed by atoms with Crippen LogP contribution in [0.4, 0.5) is 9.52 Å². The SMILES string of the molecule is O=C(CSc1nnc(NCc2ccc(F)cc2)s1)N1CCC[C@H](c2nc3ccccc3s2)C1. The van der Waals surface area contributed by atoms with Crippen molar-refractivity contribution in [3.8, 4) is 0 Å². The molecule has 0 bridgehead atoms. The van der Waals surface area contributed by atoms with E-state index in [9.17, 15) is 9.18 Å². The molecule has 33 heavy (non-hydrogen) atoms. The molecule has 3 heterocycles. The highest BCUT2D eigenvalue weighted by molar-refractivity contribution is 8.01. The molecule has 1 saturated heterocycles. The average Bonchev–Trinajstić information content (AvgIpc) is 3.49. The van der Waals surface area contributed by atoms with E-state index in [1.807, 2.05) is 23.1 Å². The van der Waals surface area contributed by atoms with Crippen LogP contribution in [-0.2, 0) is 11.3 Å². The maximum atomic E-state index is 13.0. The summed E-state index contributed by atoms with van der Waals surface area (Å²) in [7, 11) is 0. The van der Waals surface area contributed by atoms with E-state index in [0.29, 0.717) is 23.3 Å². The molecule has 4 aromatic rings. The lowest BCUT2D eigenvalue weighted by Crippen LogP contribution is -2.40. The lowest BCUT2D eigenvalue weighted by Gasteiger charge is -2.31. The third kappa shape index (κ3) is 5.51. The Morgan fingerprint density at radius 2 is 2.00 bits per heavy atom. The Bertz CT molecular complexity index is 1210. The molecule has 0 saturated carbocycles. The lowest BCUT2D eigenvalue weighted by molar-refractivity contribution is -0.129. The van der Waals surface area contributed by atoms with Gasteiger partial charge in [0.05, 0.1) is 21.0 Å². The van der Waals surface area contributed by atoms with Crippen LogP contribution in [0.25, 0.3) is 10.2 Å². The van der Waals surface area contributed by atoms with Gasteiger partial charge < -0.3 is 10.2 Å². The van der Waals surface area contributed by atoms with E-state index in [2.05, 4.69) is 21.6 Å². The summed E-state index contributed by atoms with van der Waals surface area (Å²) in [4.78, 5) is 19.6. The van der Waals surface area contributed by atoms with Crippen molar-refractivity contribution in [2.75, 3.05) is 24.2 Å². The predicted octanol–water partition coefficient (Wildman–Crippen LogP) is 5.40. The molecule has 1 atom stereocenters. The third-order valence-corrected chi connectivity index (χ3v) is 8.71. The van der Waals surface area contributed by atoms with Gasteiger partial charge in [0.25, 0.3) is 0 Å². The summed E-state index contributed by atoms with van der Waals surface area (Å²) in [6, 6.07) is 14.5. The van der Waals surface area contributed by atoms with Crippen LogP contribution in [0, 0.1) is 5.82 Å². The van der Waals surface area contributed by atoms with Crippen LogP contribution in [0.5, 0.6) is 0 Å². The molecule has 1 amide bonds. The first-order valence-corrected chi connectivity index (χ1v) is 13.3. The molecule has 1 aliphatic heterocycles. The Balaban J connectivity index is 1.13. The van der Waals surface area contributed by atoms with E-state index in [-0.39, 0.29) is 11.7 Å². The van der Waals surface area contributed by atoms with Gasteiger partial charge >= 0.3 is 0 Å². The Labute approximate surface area is 203 Å². The van der Waals surface area contributed by atoms with Gasteiger partial charge in [0.15, 0.2) is 4.34 Å². The van der Waals surface area contributed by atoms with Crippen LogP contribution in [0.1, 0.15) is 29.3 Å². The van der Waals surface area contributed by atoms with Crippen molar-refractivity contribution in [3.05, 3.63) is 64.9 Å². The minimum Gasteiger partial charge on any atom is -0.356 e. The van der Waals surface area contributed by atoms with Gasteiger partial charge in [-0.25, -0.2) is 9.37 Å². The molecule has 6 nitrogen and oxygen atoms in total. The number of amides is 1. The largest absolute Gasteiger partial charge is 0.356 e. The summed E-state index contributed by atoms with van der Waals surface area (Å²) in [6.45, 7) is 2.06. The van der Waals surface area contributed by atoms with Gasteiger partial charge in [-0.1, -0.05) is 47.4 Å². The van der Waals surface area contributed by atoms with Crippen LogP contribution < -0.4 is 5.32 Å². The first-order chi connectivity index (χ1) is 16.1. The standard InChI is InChI=1S/C23H22FN5OS3/c24-17-9-7-15(8-10-17)12-25-22-27-28-23(33-22)31-14-20(30)29-11-3-4-16(13-29)21-26-18-5-1-2-6-19(18)32-21/h1-2,5-10,16H,3-4,11-14H2,(H,25,27)/t16-/m0/s1. The number of benzene rings is 2. The Hall–Kier alpha value is -2.56. The van der Waals surface area contributed by atoms with Gasteiger partial charge in [-0.15, -0.1) is 21.5 Å². The Morgan fingerprint density at radius 1 is 1.15 bits per heavy atom. The molecule has 2 aromatic heterocycles. The first-order valence-electron chi connectivity index (χ1n) is 10.7. The smallest absolute Gasteiger partial charge is 0.233 e. The molecule has 170 valence electrons. The van der Waals surface area contributed by atoms with E-state index in [0.717, 1.165) is 46.4 Å². The van der Waals surface area contributed by atoms with Gasteiger partial charge in [-0.3, -0.25) is 4.79 Å². The van der Waals surface area contributed by atoms with Crippen molar-refractivity contribution < 1.29 is 9.18 Å². The highest BCUT2D eigenvalue weighted by atomic mass is 32.2. The number of thioether (sulfide) groups is 1. The van der Waals surface area contributed by atoms with E-state index in [4.69, 9.17) is 4.98 Å². The number of thiazole rings is 1. The van der Waals surface area contributed by atoms with E-state index < -0.39 is 0 Å². The molecule has 1 aliphatic rings. The summed E-state index contributed by atoms with van der Waals surface area (Å²) < 4.78 is 15.0. The number of carbonyl (C=O) groups is 1. The minimum absolute atomic E-state index is 0.127. The summed E-state index contributed by atoms with van der Waals surface area (Å²) in [5.41, 5.74) is 2.00. The fourth-order valence-electron chi connectivity index (χ4n) is 3.80. The number of fused-ring (bicyclic) bond motifs is 1. The second-order valence-electron chi connectivity index (χ2n) is 7.84. The van der Waals surface area contributed by atoms with Gasteiger partial charge in [0.2, 0.25) is 11.0 Å². The van der Waals surface area contributed by atoms with Crippen molar-refractivity contribution in [2.24, 2.45) is 0 Å². The Morgan fingerprint density at radius 3 is 2.85 bits per heavy atom. The van der Waals surface area contributed by atoms with Crippen molar-refractivity contribution in [3.63, 3.8) is 0 Å². The third-order valence-electron chi connectivity index (χ3n) is 5.52. The molecule has 1 N–H and O–H groups in total. The van der Waals surface area contributed by atoms with Crippen LogP contribution in [0.3, 0.4) is 0 Å². The molecule has 0 radical (unpaired) electrons. The van der Waals surface area contributed by atoms with Crippen LogP contribution in [0.2, 0.25) is 0 Å². The number of aromatic nitrogens is 3. The number of carbonyl (C=O) groups excluding carboxylic acids is 1. The van der Waals surface area contributed by atoms with E-state index in [1.54, 1.807) is 23.5 Å². The van der Waals surface area contributed by atoms with Crippen molar-refractivity contribution in [1.82, 2.24) is 20.1 Å². The first kappa shape index (κ1) is 22.2. The fraction of sp³-hybridized carbons (Fsp3) is 0.304. The van der Waals surface area contributed by atoms with Crippen LogP contribution in [0.15, 0.2) is 52.9 Å². The normalized spacial score (nSPS) is 16.3. The molecule has 5 rings (SSSR count). The molecule has 0 unspecified atom stereocenters. The van der Waals surface area contributed by atoms with Gasteiger partial charge in [0, 0.05) is 25.6 Å². The highest BCUT2D eigenvalue weighted by Gasteiger charge is 2.27. The number of rotatable bonds is 7. The number of hydrogen-bond acceptors (Lipinski definition) is 8. The molecular formula is C23H22FN5OS3. The van der Waals surface area contributed by atoms with Crippen molar-refractivity contribution in [1.29, 1.82) is 0 Å². The maximum Gasteiger partial charge on any atom is 0.233 e. The lowest BCUT2D eigenvalue weighted by atomic mass is 9.99. The molecule has 10 heteroatoms. The number of nitrogens with one attached hydrogen (secondary N) is 1. The predicted molar refractivity (Wildman–Crippen MR) is 133 cm³/mol. The van der Waals surface area contributed by atoms with Crippen molar-refractivity contribution in [2.45, 2.75) is 29.6 Å². The zero-order valence-electron chi connectivity index (χ0n) is 17.7. The summed E-state index contributed by atoms with van der Waals surface area (Å²) in [5.74, 6) is 0.521. The fourth-order valence-corrected chi connectivity index (χ4v) is 6.55. The molecule has 1 fully saturated rings. The molecule has 0 aliphatic carbocycles. The second kappa shape index (κ2) is 10.1. The monoisotopic (exact) mass is 499 g/mol. The summed E-state index contributed by atoms with van der Waals surface area (Å²) >= 11 is 4.58. The van der Waals surface area contributed by atoms with E-state index >= 15 is 0 Å². The molecule has 2 aromatic carbocycles. The number of piperidine rings is 1. The average molecular weight is 500 g/mol. The number of para-hydroxylation sites is 1. The number of likely N-dealkylation sites (tertiary alicyclic amines) is 1. The Kier molecular flexibility index (Phi) is 6.84. The molecule has 0 spiro atoms. The number of halogens is 1. The van der Waals surface area contributed by atoms with Crippen LogP contribution in [-0.4, -0.2) is 44.8 Å². The van der Waals surface area contributed by atoms with Gasteiger partial charge in [0.1, 0.15) is 5.82 Å². The number of hydrogen-bond donors (Lipinski definition) is 1. The maximum absolute atomic E-state index is 13.0. The number of nitrogens with zero attached hydrogens (tertiary/aromatic N) is 4. The van der Waals surface area contributed by atoms with Crippen molar-refractivity contribution >= 4 is 55.7 Å². The van der Waals surface area contributed by atoms with Crippen LogP contribution >= 0.6 is 34.4 Å². The summed E-state index contributed by atoms with van der Waals surface area (Å²) in [5, 5.41) is 13.3. The van der Waals surface area contributed by atoms with E-state index in [1.165, 1.54) is 39.9 Å². The zero-order valence-corrected chi connectivity index (χ0v) is 20.2. The van der Waals surface area contributed by atoms with Gasteiger partial charge in [-0.2, -0.15) is 0 Å².